The normalized spacial score (nSPS) is 11.9. The summed E-state index contributed by atoms with van der Waals surface area (Å²) in [7, 11) is 0. The molecule has 1 unspecified atom stereocenters. The van der Waals surface area contributed by atoms with Crippen molar-refractivity contribution < 1.29 is 4.79 Å². The van der Waals surface area contributed by atoms with Crippen LogP contribution in [0, 0.1) is 0 Å². The Morgan fingerprint density at radius 3 is 2.20 bits per heavy atom. The molecule has 1 atom stereocenters. The van der Waals surface area contributed by atoms with E-state index in [1.54, 1.807) is 0 Å². The van der Waals surface area contributed by atoms with Gasteiger partial charge >= 0.3 is 0 Å². The first-order chi connectivity index (χ1) is 12.2. The van der Waals surface area contributed by atoms with Gasteiger partial charge in [0.2, 0.25) is 0 Å². The number of ketones is 1. The van der Waals surface area contributed by atoms with Gasteiger partial charge in [-0.2, -0.15) is 0 Å². The maximum absolute atomic E-state index is 12.6. The van der Waals surface area contributed by atoms with Crippen LogP contribution in [-0.2, 0) is 6.42 Å². The van der Waals surface area contributed by atoms with E-state index < -0.39 is 0 Å². The van der Waals surface area contributed by atoms with Crippen LogP contribution < -0.4 is 0 Å². The van der Waals surface area contributed by atoms with Crippen molar-refractivity contribution >= 4 is 5.78 Å². The molecular weight excluding hydrogens is 304 g/mol. The molecule has 3 rings (SSSR count). The number of Topliss-reactive ketones (excluding diaryl/α,β-unsaturated/α-hetero) is 1. The van der Waals surface area contributed by atoms with Crippen LogP contribution in [0.15, 0.2) is 78.9 Å². The molecule has 3 aromatic carbocycles. The average Bonchev–Trinajstić information content (AvgIpc) is 2.68. The molecule has 0 fully saturated rings. The van der Waals surface area contributed by atoms with Crippen molar-refractivity contribution in [2.75, 3.05) is 0 Å². The number of carbonyl (C=O) groups is 1. The molecule has 0 spiro atoms. The largest absolute Gasteiger partial charge is 0.294 e. The fraction of sp³-hybridized carbons (Fsp3) is 0.208. The van der Waals surface area contributed by atoms with Crippen LogP contribution in [0.3, 0.4) is 0 Å². The zero-order chi connectivity index (χ0) is 17.6. The van der Waals surface area contributed by atoms with E-state index in [0.29, 0.717) is 12.3 Å². The van der Waals surface area contributed by atoms with Gasteiger partial charge in [-0.05, 0) is 34.6 Å². The maximum Gasteiger partial charge on any atom is 0.167 e. The van der Waals surface area contributed by atoms with E-state index in [9.17, 15) is 4.79 Å². The van der Waals surface area contributed by atoms with Crippen LogP contribution in [-0.4, -0.2) is 5.78 Å². The van der Waals surface area contributed by atoms with Gasteiger partial charge in [0.25, 0.3) is 0 Å². The zero-order valence-corrected chi connectivity index (χ0v) is 14.9. The summed E-state index contributed by atoms with van der Waals surface area (Å²) in [5.41, 5.74) is 5.48. The second-order valence-corrected chi connectivity index (χ2v) is 6.60. The van der Waals surface area contributed by atoms with Crippen molar-refractivity contribution in [3.63, 3.8) is 0 Å². The molecule has 0 saturated carbocycles. The molecule has 3 aromatic rings. The third-order valence-corrected chi connectivity index (χ3v) is 4.81. The fourth-order valence-corrected chi connectivity index (χ4v) is 3.01. The van der Waals surface area contributed by atoms with Gasteiger partial charge < -0.3 is 0 Å². The summed E-state index contributed by atoms with van der Waals surface area (Å²) in [6, 6.07) is 26.6. The molecule has 0 radical (unpaired) electrons. The van der Waals surface area contributed by atoms with Gasteiger partial charge in [0.05, 0.1) is 0 Å². The summed E-state index contributed by atoms with van der Waals surface area (Å²) in [6.45, 7) is 4.42. The Bertz CT molecular complexity index is 831. The molecule has 25 heavy (non-hydrogen) atoms. The van der Waals surface area contributed by atoms with Crippen molar-refractivity contribution in [2.45, 2.75) is 32.6 Å². The Balaban J connectivity index is 1.73. The molecule has 0 aliphatic rings. The lowest BCUT2D eigenvalue weighted by Crippen LogP contribution is -2.04. The highest BCUT2D eigenvalue weighted by Crippen LogP contribution is 2.22. The van der Waals surface area contributed by atoms with Crippen molar-refractivity contribution in [1.82, 2.24) is 0 Å². The topological polar surface area (TPSA) is 17.1 Å². The third-order valence-electron chi connectivity index (χ3n) is 4.81. The fourth-order valence-electron chi connectivity index (χ4n) is 3.01. The molecule has 0 heterocycles. The summed E-state index contributed by atoms with van der Waals surface area (Å²) in [4.78, 5) is 12.6. The van der Waals surface area contributed by atoms with Gasteiger partial charge in [-0.3, -0.25) is 4.79 Å². The summed E-state index contributed by atoms with van der Waals surface area (Å²) >= 11 is 0. The zero-order valence-electron chi connectivity index (χ0n) is 14.9. The van der Waals surface area contributed by atoms with Crippen LogP contribution in [0.1, 0.15) is 47.7 Å². The van der Waals surface area contributed by atoms with E-state index in [1.807, 2.05) is 48.5 Å². The molecular formula is C24H24O. The predicted octanol–water partition coefficient (Wildman–Crippen LogP) is 6.29. The molecule has 1 heteroatoms. The lowest BCUT2D eigenvalue weighted by molar-refractivity contribution is 0.0993. The molecule has 1 nitrogen and oxygen atoms in total. The van der Waals surface area contributed by atoms with Crippen LogP contribution in [0.4, 0.5) is 0 Å². The summed E-state index contributed by atoms with van der Waals surface area (Å²) in [6.07, 6.45) is 1.56. The van der Waals surface area contributed by atoms with Crippen molar-refractivity contribution in [3.8, 4) is 11.1 Å². The van der Waals surface area contributed by atoms with Crippen LogP contribution in [0.2, 0.25) is 0 Å². The van der Waals surface area contributed by atoms with E-state index in [1.165, 1.54) is 11.1 Å². The second kappa shape index (κ2) is 7.94. The number of rotatable bonds is 6. The molecule has 0 aromatic heterocycles. The van der Waals surface area contributed by atoms with E-state index in [-0.39, 0.29) is 5.78 Å². The van der Waals surface area contributed by atoms with E-state index in [2.05, 4.69) is 44.2 Å². The number of hydrogen-bond donors (Lipinski definition) is 0. The van der Waals surface area contributed by atoms with E-state index in [4.69, 9.17) is 0 Å². The maximum atomic E-state index is 12.6. The summed E-state index contributed by atoms with van der Waals surface area (Å²) in [5.74, 6) is 0.695. The highest BCUT2D eigenvalue weighted by molar-refractivity contribution is 5.97. The molecule has 0 aliphatic carbocycles. The minimum atomic E-state index is 0.168. The first-order valence-corrected chi connectivity index (χ1v) is 8.95. The predicted molar refractivity (Wildman–Crippen MR) is 105 cm³/mol. The Morgan fingerprint density at radius 2 is 1.52 bits per heavy atom. The standard InChI is InChI=1S/C24H24O/c1-3-18(2)23-11-7-8-19(16-23)17-24(25)22-14-12-21(13-15-22)20-9-5-4-6-10-20/h4-16,18H,3,17H2,1-2H3. The molecule has 0 aliphatic heterocycles. The molecule has 126 valence electrons. The van der Waals surface area contributed by atoms with Crippen molar-refractivity contribution in [3.05, 3.63) is 95.6 Å². The van der Waals surface area contributed by atoms with Gasteiger partial charge in [0.1, 0.15) is 0 Å². The van der Waals surface area contributed by atoms with Gasteiger partial charge in [-0.1, -0.05) is 92.7 Å². The van der Waals surface area contributed by atoms with E-state index in [0.717, 1.165) is 23.1 Å². The number of carbonyl (C=O) groups excluding carboxylic acids is 1. The Morgan fingerprint density at radius 1 is 0.840 bits per heavy atom. The van der Waals surface area contributed by atoms with E-state index >= 15 is 0 Å². The summed E-state index contributed by atoms with van der Waals surface area (Å²) in [5, 5.41) is 0. The first kappa shape index (κ1) is 17.2. The van der Waals surface area contributed by atoms with Crippen molar-refractivity contribution in [1.29, 1.82) is 0 Å². The molecule has 0 amide bonds. The monoisotopic (exact) mass is 328 g/mol. The molecule has 0 N–H and O–H groups in total. The van der Waals surface area contributed by atoms with Gasteiger partial charge in [0.15, 0.2) is 5.78 Å². The van der Waals surface area contributed by atoms with Crippen LogP contribution in [0.25, 0.3) is 11.1 Å². The molecule has 0 saturated heterocycles. The highest BCUT2D eigenvalue weighted by Gasteiger charge is 2.09. The van der Waals surface area contributed by atoms with Crippen LogP contribution in [0.5, 0.6) is 0 Å². The minimum absolute atomic E-state index is 0.168. The Kier molecular flexibility index (Phi) is 5.45. The number of benzene rings is 3. The quantitative estimate of drug-likeness (QED) is 0.486. The van der Waals surface area contributed by atoms with Crippen molar-refractivity contribution in [2.24, 2.45) is 0 Å². The lowest BCUT2D eigenvalue weighted by atomic mass is 9.94. The first-order valence-electron chi connectivity index (χ1n) is 8.95. The second-order valence-electron chi connectivity index (χ2n) is 6.60. The minimum Gasteiger partial charge on any atom is -0.294 e. The van der Waals surface area contributed by atoms with Gasteiger partial charge in [-0.15, -0.1) is 0 Å². The SMILES string of the molecule is CCC(C)c1cccc(CC(=O)c2ccc(-c3ccccc3)cc2)c1. The van der Waals surface area contributed by atoms with Gasteiger partial charge in [-0.25, -0.2) is 0 Å². The Hall–Kier alpha value is -2.67. The summed E-state index contributed by atoms with van der Waals surface area (Å²) < 4.78 is 0. The Labute approximate surface area is 150 Å². The molecule has 0 bridgehead atoms. The third kappa shape index (κ3) is 4.24. The number of hydrogen-bond acceptors (Lipinski definition) is 1. The lowest BCUT2D eigenvalue weighted by Gasteiger charge is -2.10. The average molecular weight is 328 g/mol. The van der Waals surface area contributed by atoms with Gasteiger partial charge in [0, 0.05) is 12.0 Å². The van der Waals surface area contributed by atoms with Crippen LogP contribution >= 0.6 is 0 Å². The highest BCUT2D eigenvalue weighted by atomic mass is 16.1. The smallest absolute Gasteiger partial charge is 0.167 e.